The van der Waals surface area contributed by atoms with Crippen molar-refractivity contribution >= 4 is 0 Å². The van der Waals surface area contributed by atoms with Crippen molar-refractivity contribution in [2.24, 2.45) is 5.92 Å². The van der Waals surface area contributed by atoms with Crippen LogP contribution in [0.1, 0.15) is 27.7 Å². The molecule has 1 aliphatic rings. The van der Waals surface area contributed by atoms with E-state index in [4.69, 9.17) is 0 Å². The molecule has 13 heavy (non-hydrogen) atoms. The lowest BCUT2D eigenvalue weighted by Gasteiger charge is -2.22. The molecule has 0 bridgehead atoms. The standard InChI is InChI=1S/C11H21NO/c1-5-6-10-7-12(9(2)3)8-11(10,4)13/h5-6,9-10,13H,7-8H2,1-4H3/b6-5+. The third-order valence-electron chi connectivity index (χ3n) is 2.91. The lowest BCUT2D eigenvalue weighted by molar-refractivity contribution is 0.0431. The van der Waals surface area contributed by atoms with Crippen molar-refractivity contribution < 1.29 is 5.11 Å². The number of aliphatic hydroxyl groups is 1. The highest BCUT2D eigenvalue weighted by atomic mass is 16.3. The monoisotopic (exact) mass is 183 g/mol. The van der Waals surface area contributed by atoms with Crippen LogP contribution in [0, 0.1) is 5.92 Å². The molecule has 1 aliphatic heterocycles. The number of β-amino-alcohol motifs (C(OH)–C–C–N with tert-alkyl or cyclic N) is 1. The van der Waals surface area contributed by atoms with Crippen LogP contribution in [0.4, 0.5) is 0 Å². The molecule has 1 heterocycles. The molecule has 0 aromatic heterocycles. The number of likely N-dealkylation sites (tertiary alicyclic amines) is 1. The third kappa shape index (κ3) is 2.32. The van der Waals surface area contributed by atoms with Crippen molar-refractivity contribution in [2.75, 3.05) is 13.1 Å². The quantitative estimate of drug-likeness (QED) is 0.658. The van der Waals surface area contributed by atoms with Crippen molar-refractivity contribution in [1.82, 2.24) is 4.90 Å². The van der Waals surface area contributed by atoms with E-state index in [1.807, 2.05) is 19.9 Å². The molecule has 0 aromatic rings. The minimum atomic E-state index is -0.545. The fourth-order valence-electron chi connectivity index (χ4n) is 1.94. The van der Waals surface area contributed by atoms with Gasteiger partial charge in [0.2, 0.25) is 0 Å². The summed E-state index contributed by atoms with van der Waals surface area (Å²) in [7, 11) is 0. The first kappa shape index (κ1) is 10.7. The van der Waals surface area contributed by atoms with Gasteiger partial charge in [0.05, 0.1) is 5.60 Å². The van der Waals surface area contributed by atoms with Crippen LogP contribution in [-0.2, 0) is 0 Å². The second kappa shape index (κ2) is 3.81. The predicted octanol–water partition coefficient (Wildman–Crippen LogP) is 1.65. The van der Waals surface area contributed by atoms with E-state index < -0.39 is 5.60 Å². The summed E-state index contributed by atoms with van der Waals surface area (Å²) >= 11 is 0. The molecule has 2 heteroatoms. The summed E-state index contributed by atoms with van der Waals surface area (Å²) in [5, 5.41) is 10.1. The molecule has 2 nitrogen and oxygen atoms in total. The molecular weight excluding hydrogens is 162 g/mol. The van der Waals surface area contributed by atoms with E-state index in [-0.39, 0.29) is 0 Å². The van der Waals surface area contributed by atoms with Crippen molar-refractivity contribution in [3.05, 3.63) is 12.2 Å². The largest absolute Gasteiger partial charge is 0.388 e. The first-order valence-corrected chi connectivity index (χ1v) is 5.06. The van der Waals surface area contributed by atoms with E-state index in [1.165, 1.54) is 0 Å². The Balaban J connectivity index is 2.68. The Morgan fingerprint density at radius 2 is 2.15 bits per heavy atom. The van der Waals surface area contributed by atoms with Gasteiger partial charge < -0.3 is 5.11 Å². The molecule has 0 amide bonds. The second-order valence-electron chi connectivity index (χ2n) is 4.51. The molecule has 1 rings (SSSR count). The van der Waals surface area contributed by atoms with Crippen LogP contribution in [0.2, 0.25) is 0 Å². The fourth-order valence-corrected chi connectivity index (χ4v) is 1.94. The van der Waals surface area contributed by atoms with Crippen molar-refractivity contribution in [3.63, 3.8) is 0 Å². The summed E-state index contributed by atoms with van der Waals surface area (Å²) in [5.41, 5.74) is -0.545. The molecule has 0 aromatic carbocycles. The van der Waals surface area contributed by atoms with E-state index in [1.54, 1.807) is 0 Å². The van der Waals surface area contributed by atoms with Gasteiger partial charge in [0.25, 0.3) is 0 Å². The predicted molar refractivity (Wildman–Crippen MR) is 55.6 cm³/mol. The van der Waals surface area contributed by atoms with E-state index in [0.29, 0.717) is 12.0 Å². The average Bonchev–Trinajstić information content (AvgIpc) is 2.28. The highest BCUT2D eigenvalue weighted by molar-refractivity contribution is 5.04. The maximum Gasteiger partial charge on any atom is 0.0820 e. The van der Waals surface area contributed by atoms with Crippen LogP contribution < -0.4 is 0 Å². The smallest absolute Gasteiger partial charge is 0.0820 e. The minimum absolute atomic E-state index is 0.292. The second-order valence-corrected chi connectivity index (χ2v) is 4.51. The lowest BCUT2D eigenvalue weighted by Crippen LogP contribution is -2.35. The molecule has 1 saturated heterocycles. The summed E-state index contributed by atoms with van der Waals surface area (Å²) in [6.45, 7) is 10.1. The topological polar surface area (TPSA) is 23.5 Å². The van der Waals surface area contributed by atoms with Gasteiger partial charge in [-0.1, -0.05) is 12.2 Å². The molecule has 0 saturated carbocycles. The van der Waals surface area contributed by atoms with Crippen LogP contribution in [0.15, 0.2) is 12.2 Å². The van der Waals surface area contributed by atoms with Gasteiger partial charge in [-0.3, -0.25) is 4.90 Å². The van der Waals surface area contributed by atoms with Gasteiger partial charge in [-0.2, -0.15) is 0 Å². The molecule has 2 unspecified atom stereocenters. The first-order valence-electron chi connectivity index (χ1n) is 5.06. The zero-order valence-electron chi connectivity index (χ0n) is 9.12. The van der Waals surface area contributed by atoms with Crippen LogP contribution in [-0.4, -0.2) is 34.7 Å². The highest BCUT2D eigenvalue weighted by Crippen LogP contribution is 2.29. The molecule has 0 aliphatic carbocycles. The maximum atomic E-state index is 10.1. The SMILES string of the molecule is C/C=C/C1CN(C(C)C)CC1(C)O. The van der Waals surface area contributed by atoms with E-state index in [2.05, 4.69) is 24.8 Å². The van der Waals surface area contributed by atoms with Crippen LogP contribution in [0.5, 0.6) is 0 Å². The summed E-state index contributed by atoms with van der Waals surface area (Å²) < 4.78 is 0. The minimum Gasteiger partial charge on any atom is -0.388 e. The van der Waals surface area contributed by atoms with Crippen molar-refractivity contribution in [2.45, 2.75) is 39.3 Å². The van der Waals surface area contributed by atoms with Crippen LogP contribution in [0.3, 0.4) is 0 Å². The number of rotatable bonds is 2. The zero-order chi connectivity index (χ0) is 10.1. The normalized spacial score (nSPS) is 36.6. The van der Waals surface area contributed by atoms with Gasteiger partial charge in [0, 0.05) is 25.0 Å². The Morgan fingerprint density at radius 1 is 1.54 bits per heavy atom. The van der Waals surface area contributed by atoms with Gasteiger partial charge in [-0.05, 0) is 27.7 Å². The van der Waals surface area contributed by atoms with Gasteiger partial charge in [-0.15, -0.1) is 0 Å². The number of nitrogens with zero attached hydrogens (tertiary/aromatic N) is 1. The Hall–Kier alpha value is -0.340. The first-order chi connectivity index (χ1) is 5.97. The summed E-state index contributed by atoms with van der Waals surface area (Å²) in [5.74, 6) is 0.292. The molecule has 76 valence electrons. The Labute approximate surface area is 81.2 Å². The molecule has 2 atom stereocenters. The molecule has 0 radical (unpaired) electrons. The molecule has 1 fully saturated rings. The summed E-state index contributed by atoms with van der Waals surface area (Å²) in [4.78, 5) is 2.32. The fraction of sp³-hybridized carbons (Fsp3) is 0.818. The van der Waals surface area contributed by atoms with Crippen molar-refractivity contribution in [3.8, 4) is 0 Å². The van der Waals surface area contributed by atoms with E-state index in [9.17, 15) is 5.11 Å². The summed E-state index contributed by atoms with van der Waals surface area (Å²) in [6, 6.07) is 0.529. The Bertz CT molecular complexity index is 196. The third-order valence-corrected chi connectivity index (χ3v) is 2.91. The Kier molecular flexibility index (Phi) is 3.14. The molecule has 1 N–H and O–H groups in total. The zero-order valence-corrected chi connectivity index (χ0v) is 9.12. The summed E-state index contributed by atoms with van der Waals surface area (Å²) in [6.07, 6.45) is 4.14. The number of hydrogen-bond acceptors (Lipinski definition) is 2. The number of hydrogen-bond donors (Lipinski definition) is 1. The molecule has 0 spiro atoms. The van der Waals surface area contributed by atoms with Gasteiger partial charge in [0.15, 0.2) is 0 Å². The number of allylic oxidation sites excluding steroid dienone is 1. The van der Waals surface area contributed by atoms with Crippen LogP contribution in [0.25, 0.3) is 0 Å². The van der Waals surface area contributed by atoms with E-state index in [0.717, 1.165) is 13.1 Å². The molecular formula is C11H21NO. The van der Waals surface area contributed by atoms with Crippen LogP contribution >= 0.6 is 0 Å². The lowest BCUT2D eigenvalue weighted by atomic mass is 9.93. The Morgan fingerprint density at radius 3 is 2.54 bits per heavy atom. The van der Waals surface area contributed by atoms with Gasteiger partial charge in [0.1, 0.15) is 0 Å². The average molecular weight is 183 g/mol. The van der Waals surface area contributed by atoms with Gasteiger partial charge >= 0.3 is 0 Å². The maximum absolute atomic E-state index is 10.1. The highest BCUT2D eigenvalue weighted by Gasteiger charge is 2.40. The van der Waals surface area contributed by atoms with E-state index >= 15 is 0 Å². The van der Waals surface area contributed by atoms with Gasteiger partial charge in [-0.25, -0.2) is 0 Å². The van der Waals surface area contributed by atoms with Crippen molar-refractivity contribution in [1.29, 1.82) is 0 Å².